The molecule has 0 aliphatic rings. The molecular weight excluding hydrogens is 306 g/mol. The van der Waals surface area contributed by atoms with E-state index in [9.17, 15) is 0 Å². The van der Waals surface area contributed by atoms with Crippen molar-refractivity contribution in [3.8, 4) is 5.75 Å². The first-order valence-corrected chi connectivity index (χ1v) is 6.78. The summed E-state index contributed by atoms with van der Waals surface area (Å²) in [5.74, 6) is 0.837. The minimum atomic E-state index is 0.0539. The van der Waals surface area contributed by atoms with Gasteiger partial charge >= 0.3 is 0 Å². The highest BCUT2D eigenvalue weighted by Gasteiger charge is 2.02. The molecule has 19 heavy (non-hydrogen) atoms. The van der Waals surface area contributed by atoms with Crippen molar-refractivity contribution in [2.75, 3.05) is 12.4 Å². The highest BCUT2D eigenvalue weighted by Crippen LogP contribution is 2.23. The first-order valence-electron chi connectivity index (χ1n) is 5.99. The Balaban J connectivity index is 2.09. The van der Waals surface area contributed by atoms with Gasteiger partial charge in [0, 0.05) is 16.7 Å². The molecule has 0 saturated heterocycles. The molecule has 0 radical (unpaired) electrons. The monoisotopic (exact) mass is 321 g/mol. The average molecular weight is 322 g/mol. The Bertz CT molecular complexity index is 558. The molecular formula is C15H16BrNO2. The highest BCUT2D eigenvalue weighted by molar-refractivity contribution is 9.10. The average Bonchev–Trinajstić information content (AvgIpc) is 2.46. The minimum Gasteiger partial charge on any atom is -0.497 e. The van der Waals surface area contributed by atoms with Gasteiger partial charge in [-0.2, -0.15) is 0 Å². The van der Waals surface area contributed by atoms with Crippen molar-refractivity contribution in [3.63, 3.8) is 0 Å². The van der Waals surface area contributed by atoms with Gasteiger partial charge in [-0.3, -0.25) is 0 Å². The first-order chi connectivity index (χ1) is 9.22. The molecule has 2 aromatic carbocycles. The van der Waals surface area contributed by atoms with Crippen molar-refractivity contribution < 1.29 is 9.84 Å². The van der Waals surface area contributed by atoms with Crippen LogP contribution < -0.4 is 10.1 Å². The molecule has 0 aliphatic carbocycles. The second kappa shape index (κ2) is 6.59. The van der Waals surface area contributed by atoms with E-state index in [0.29, 0.717) is 6.54 Å². The van der Waals surface area contributed by atoms with Crippen LogP contribution in [0.25, 0.3) is 0 Å². The lowest BCUT2D eigenvalue weighted by atomic mass is 10.2. The van der Waals surface area contributed by atoms with Gasteiger partial charge in [0.1, 0.15) is 5.75 Å². The molecule has 0 aliphatic heterocycles. The van der Waals surface area contributed by atoms with Gasteiger partial charge in [0.05, 0.1) is 13.7 Å². The van der Waals surface area contributed by atoms with Crippen molar-refractivity contribution in [1.29, 1.82) is 0 Å². The Morgan fingerprint density at radius 1 is 1.21 bits per heavy atom. The van der Waals surface area contributed by atoms with Gasteiger partial charge in [-0.25, -0.2) is 0 Å². The number of halogens is 1. The third-order valence-corrected chi connectivity index (χ3v) is 3.62. The van der Waals surface area contributed by atoms with E-state index in [1.54, 1.807) is 7.11 Å². The number of aliphatic hydroxyl groups excluding tert-OH is 1. The zero-order valence-electron chi connectivity index (χ0n) is 10.7. The maximum atomic E-state index is 9.11. The van der Waals surface area contributed by atoms with Gasteiger partial charge in [0.2, 0.25) is 0 Å². The summed E-state index contributed by atoms with van der Waals surface area (Å²) in [7, 11) is 1.66. The smallest absolute Gasteiger partial charge is 0.119 e. The van der Waals surface area contributed by atoms with Crippen molar-refractivity contribution in [3.05, 3.63) is 58.1 Å². The largest absolute Gasteiger partial charge is 0.497 e. The molecule has 4 heteroatoms. The van der Waals surface area contributed by atoms with Crippen LogP contribution in [0.15, 0.2) is 46.9 Å². The topological polar surface area (TPSA) is 41.5 Å². The molecule has 2 aromatic rings. The Kier molecular flexibility index (Phi) is 4.82. The van der Waals surface area contributed by atoms with Gasteiger partial charge in [0.25, 0.3) is 0 Å². The van der Waals surface area contributed by atoms with Gasteiger partial charge in [-0.1, -0.05) is 28.1 Å². The molecule has 0 saturated carbocycles. The quantitative estimate of drug-likeness (QED) is 0.884. The predicted octanol–water partition coefficient (Wildman–Crippen LogP) is 3.56. The fourth-order valence-corrected chi connectivity index (χ4v) is 2.18. The van der Waals surface area contributed by atoms with E-state index in [1.165, 1.54) is 0 Å². The maximum absolute atomic E-state index is 9.11. The van der Waals surface area contributed by atoms with Gasteiger partial charge in [-0.05, 0) is 41.5 Å². The van der Waals surface area contributed by atoms with Crippen LogP contribution in [0.2, 0.25) is 0 Å². The Labute approximate surface area is 121 Å². The van der Waals surface area contributed by atoms with Crippen LogP contribution in [0, 0.1) is 0 Å². The van der Waals surface area contributed by atoms with E-state index in [4.69, 9.17) is 9.84 Å². The zero-order chi connectivity index (χ0) is 13.7. The van der Waals surface area contributed by atoms with Gasteiger partial charge < -0.3 is 15.2 Å². The van der Waals surface area contributed by atoms with E-state index >= 15 is 0 Å². The summed E-state index contributed by atoms with van der Waals surface area (Å²) in [6.45, 7) is 0.741. The van der Waals surface area contributed by atoms with Crippen LogP contribution >= 0.6 is 15.9 Å². The Morgan fingerprint density at radius 2 is 2.05 bits per heavy atom. The number of hydrogen-bond acceptors (Lipinski definition) is 3. The van der Waals surface area contributed by atoms with Gasteiger partial charge in [0.15, 0.2) is 0 Å². The van der Waals surface area contributed by atoms with E-state index in [0.717, 1.165) is 27.0 Å². The van der Waals surface area contributed by atoms with Crippen LogP contribution in [0.1, 0.15) is 11.1 Å². The van der Waals surface area contributed by atoms with Crippen molar-refractivity contribution in [2.45, 2.75) is 13.2 Å². The Hall–Kier alpha value is -1.52. The fraction of sp³-hybridized carbons (Fsp3) is 0.200. The number of ether oxygens (including phenoxy) is 1. The molecule has 3 nitrogen and oxygen atoms in total. The molecule has 0 bridgehead atoms. The first kappa shape index (κ1) is 13.9. The molecule has 0 heterocycles. The van der Waals surface area contributed by atoms with Crippen molar-refractivity contribution in [2.24, 2.45) is 0 Å². The van der Waals surface area contributed by atoms with Crippen LogP contribution in [-0.2, 0) is 13.2 Å². The summed E-state index contributed by atoms with van der Waals surface area (Å²) in [4.78, 5) is 0. The van der Waals surface area contributed by atoms with E-state index < -0.39 is 0 Å². The van der Waals surface area contributed by atoms with E-state index in [1.807, 2.05) is 42.5 Å². The van der Waals surface area contributed by atoms with Crippen LogP contribution in [0.5, 0.6) is 5.75 Å². The molecule has 0 amide bonds. The SMILES string of the molecule is COc1ccc(Br)c(CNc2cccc(CO)c2)c1. The van der Waals surface area contributed by atoms with Crippen LogP contribution in [0.4, 0.5) is 5.69 Å². The number of nitrogens with one attached hydrogen (secondary N) is 1. The maximum Gasteiger partial charge on any atom is 0.119 e. The summed E-state index contributed by atoms with van der Waals surface area (Å²) in [6.07, 6.45) is 0. The van der Waals surface area contributed by atoms with E-state index in [-0.39, 0.29) is 6.61 Å². The lowest BCUT2D eigenvalue weighted by molar-refractivity contribution is 0.282. The molecule has 0 unspecified atom stereocenters. The number of anilines is 1. The number of hydrogen-bond donors (Lipinski definition) is 2. The number of rotatable bonds is 5. The predicted molar refractivity (Wildman–Crippen MR) is 80.4 cm³/mol. The second-order valence-electron chi connectivity index (χ2n) is 4.17. The summed E-state index contributed by atoms with van der Waals surface area (Å²) in [5, 5.41) is 12.4. The number of methoxy groups -OCH3 is 1. The molecule has 100 valence electrons. The van der Waals surface area contributed by atoms with Gasteiger partial charge in [-0.15, -0.1) is 0 Å². The number of benzene rings is 2. The molecule has 2 rings (SSSR count). The fourth-order valence-electron chi connectivity index (χ4n) is 1.79. The number of aliphatic hydroxyl groups is 1. The van der Waals surface area contributed by atoms with Crippen molar-refractivity contribution in [1.82, 2.24) is 0 Å². The molecule has 2 N–H and O–H groups in total. The highest BCUT2D eigenvalue weighted by atomic mass is 79.9. The third-order valence-electron chi connectivity index (χ3n) is 2.85. The normalized spacial score (nSPS) is 10.3. The summed E-state index contributed by atoms with van der Waals surface area (Å²) < 4.78 is 6.26. The van der Waals surface area contributed by atoms with E-state index in [2.05, 4.69) is 21.2 Å². The summed E-state index contributed by atoms with van der Waals surface area (Å²) in [6, 6.07) is 13.6. The Morgan fingerprint density at radius 3 is 2.79 bits per heavy atom. The molecule has 0 aromatic heterocycles. The molecule has 0 atom stereocenters. The third kappa shape index (κ3) is 3.72. The van der Waals surface area contributed by atoms with Crippen molar-refractivity contribution >= 4 is 21.6 Å². The van der Waals surface area contributed by atoms with Crippen LogP contribution in [0.3, 0.4) is 0 Å². The molecule has 0 fully saturated rings. The van der Waals surface area contributed by atoms with Crippen LogP contribution in [-0.4, -0.2) is 12.2 Å². The lowest BCUT2D eigenvalue weighted by Crippen LogP contribution is -2.01. The standard InChI is InChI=1S/C15H16BrNO2/c1-19-14-5-6-15(16)12(8-14)9-17-13-4-2-3-11(7-13)10-18/h2-8,17-18H,9-10H2,1H3. The zero-order valence-corrected chi connectivity index (χ0v) is 12.3. The minimum absolute atomic E-state index is 0.0539. The summed E-state index contributed by atoms with van der Waals surface area (Å²) >= 11 is 3.53. The molecule has 0 spiro atoms. The second-order valence-corrected chi connectivity index (χ2v) is 5.02. The lowest BCUT2D eigenvalue weighted by Gasteiger charge is -2.10. The summed E-state index contributed by atoms with van der Waals surface area (Å²) in [5.41, 5.74) is 3.00.